The molecule has 3 N–H and O–H groups in total. The number of hydrogen-bond acceptors (Lipinski definition) is 4. The van der Waals surface area contributed by atoms with E-state index in [0.29, 0.717) is 11.6 Å². The van der Waals surface area contributed by atoms with Crippen LogP contribution in [0.25, 0.3) is 11.3 Å². The first kappa shape index (κ1) is 21.5. The lowest BCUT2D eigenvalue weighted by Crippen LogP contribution is -2.28. The number of nitrogens with one attached hydrogen (secondary N) is 1. The second-order valence-electron chi connectivity index (χ2n) is 7.39. The van der Waals surface area contributed by atoms with Crippen molar-refractivity contribution in [1.29, 1.82) is 0 Å². The van der Waals surface area contributed by atoms with Crippen LogP contribution in [0.4, 0.5) is 24.8 Å². The molecule has 0 amide bonds. The van der Waals surface area contributed by atoms with Gasteiger partial charge in [0.25, 0.3) is 0 Å². The summed E-state index contributed by atoms with van der Waals surface area (Å²) < 4.78 is 38.3. The number of nitrogens with zero attached hydrogens (tertiary/aromatic N) is 2. The molecule has 3 aromatic carbocycles. The third-order valence-corrected chi connectivity index (χ3v) is 5.01. The number of alkyl halides is 3. The molecule has 0 radical (unpaired) electrons. The Morgan fingerprint density at radius 1 is 0.844 bits per heavy atom. The Kier molecular flexibility index (Phi) is 6.18. The van der Waals surface area contributed by atoms with Crippen LogP contribution in [0.3, 0.4) is 0 Å². The summed E-state index contributed by atoms with van der Waals surface area (Å²) in [5.41, 5.74) is 9.90. The van der Waals surface area contributed by atoms with E-state index in [1.54, 1.807) is 6.20 Å². The van der Waals surface area contributed by atoms with Gasteiger partial charge >= 0.3 is 6.18 Å². The molecule has 4 aromatic rings. The number of nitrogens with two attached hydrogens (primary N) is 1. The highest BCUT2D eigenvalue weighted by Crippen LogP contribution is 2.31. The summed E-state index contributed by atoms with van der Waals surface area (Å²) in [5, 5.41) is 3.03. The topological polar surface area (TPSA) is 63.8 Å². The van der Waals surface area contributed by atoms with E-state index in [1.807, 2.05) is 36.4 Å². The maximum absolute atomic E-state index is 12.8. The molecule has 1 heterocycles. The molecule has 0 saturated heterocycles. The molecular formula is C25H21F3N4. The molecule has 0 aliphatic heterocycles. The standard InChI is InChI=1S/C25H21F3N4/c26-25(27,28)23(29)19-9-11-21(12-10-19)31-24-30-14-13-22(32-24)20-8-4-7-18(16-20)15-17-5-2-1-3-6-17/h1-14,16,23H,15,29H2,(H,30,31,32). The van der Waals surface area contributed by atoms with Gasteiger partial charge in [0.1, 0.15) is 6.04 Å². The van der Waals surface area contributed by atoms with Crippen molar-refractivity contribution in [3.05, 3.63) is 108 Å². The fourth-order valence-electron chi connectivity index (χ4n) is 3.34. The molecule has 4 nitrogen and oxygen atoms in total. The van der Waals surface area contributed by atoms with E-state index in [1.165, 1.54) is 35.4 Å². The number of aromatic nitrogens is 2. The Morgan fingerprint density at radius 2 is 1.56 bits per heavy atom. The van der Waals surface area contributed by atoms with Crippen molar-refractivity contribution in [2.45, 2.75) is 18.6 Å². The molecule has 7 heteroatoms. The zero-order chi connectivity index (χ0) is 22.6. The monoisotopic (exact) mass is 434 g/mol. The van der Waals surface area contributed by atoms with Gasteiger partial charge < -0.3 is 11.1 Å². The number of hydrogen-bond donors (Lipinski definition) is 2. The van der Waals surface area contributed by atoms with Crippen LogP contribution < -0.4 is 11.1 Å². The van der Waals surface area contributed by atoms with Gasteiger partial charge in [0.15, 0.2) is 0 Å². The minimum absolute atomic E-state index is 0.00653. The third-order valence-electron chi connectivity index (χ3n) is 5.01. The summed E-state index contributed by atoms with van der Waals surface area (Å²) in [4.78, 5) is 8.78. The molecule has 0 aliphatic carbocycles. The molecule has 4 rings (SSSR count). The first-order chi connectivity index (χ1) is 15.4. The smallest absolute Gasteiger partial charge is 0.324 e. The average molecular weight is 434 g/mol. The molecule has 0 bridgehead atoms. The molecule has 0 spiro atoms. The second-order valence-corrected chi connectivity index (χ2v) is 7.39. The van der Waals surface area contributed by atoms with E-state index in [2.05, 4.69) is 39.6 Å². The predicted octanol–water partition coefficient (Wildman–Crippen LogP) is 6.04. The summed E-state index contributed by atoms with van der Waals surface area (Å²) in [6.45, 7) is 0. The first-order valence-corrected chi connectivity index (χ1v) is 10.0. The molecule has 1 atom stereocenters. The second kappa shape index (κ2) is 9.20. The summed E-state index contributed by atoms with van der Waals surface area (Å²) in [7, 11) is 0. The van der Waals surface area contributed by atoms with Crippen molar-refractivity contribution in [3.63, 3.8) is 0 Å². The zero-order valence-corrected chi connectivity index (χ0v) is 17.1. The van der Waals surface area contributed by atoms with Gasteiger partial charge in [0.2, 0.25) is 5.95 Å². The Bertz CT molecular complexity index is 1180. The van der Waals surface area contributed by atoms with Crippen LogP contribution in [0.15, 0.2) is 91.1 Å². The number of benzene rings is 3. The maximum atomic E-state index is 12.8. The van der Waals surface area contributed by atoms with Crippen molar-refractivity contribution in [2.24, 2.45) is 5.73 Å². The summed E-state index contributed by atoms with van der Waals surface area (Å²) in [6, 6.07) is 23.9. The molecule has 0 saturated carbocycles. The van der Waals surface area contributed by atoms with Crippen LogP contribution >= 0.6 is 0 Å². The Hall–Kier alpha value is -3.71. The Labute approximate surface area is 184 Å². The van der Waals surface area contributed by atoms with E-state index in [-0.39, 0.29) is 5.56 Å². The maximum Gasteiger partial charge on any atom is 0.407 e. The quantitative estimate of drug-likeness (QED) is 0.388. The number of rotatable bonds is 6. The Balaban J connectivity index is 1.50. The molecular weight excluding hydrogens is 413 g/mol. The predicted molar refractivity (Wildman–Crippen MR) is 119 cm³/mol. The van der Waals surface area contributed by atoms with E-state index in [0.717, 1.165) is 17.7 Å². The van der Waals surface area contributed by atoms with Crippen molar-refractivity contribution >= 4 is 11.6 Å². The van der Waals surface area contributed by atoms with E-state index in [9.17, 15) is 13.2 Å². The number of anilines is 2. The summed E-state index contributed by atoms with van der Waals surface area (Å²) >= 11 is 0. The molecule has 162 valence electrons. The van der Waals surface area contributed by atoms with Crippen LogP contribution in [0.5, 0.6) is 0 Å². The molecule has 0 aliphatic rings. The fraction of sp³-hybridized carbons (Fsp3) is 0.120. The lowest BCUT2D eigenvalue weighted by atomic mass is 10.0. The van der Waals surface area contributed by atoms with E-state index in [4.69, 9.17) is 5.73 Å². The Morgan fingerprint density at radius 3 is 2.28 bits per heavy atom. The van der Waals surface area contributed by atoms with Gasteiger partial charge in [-0.1, -0.05) is 60.7 Å². The minimum atomic E-state index is -4.48. The largest absolute Gasteiger partial charge is 0.407 e. The van der Waals surface area contributed by atoms with Gasteiger partial charge in [-0.3, -0.25) is 0 Å². The minimum Gasteiger partial charge on any atom is -0.324 e. The molecule has 1 aromatic heterocycles. The van der Waals surface area contributed by atoms with Gasteiger partial charge in [-0.15, -0.1) is 0 Å². The van der Waals surface area contributed by atoms with Gasteiger partial charge in [-0.25, -0.2) is 9.97 Å². The highest BCUT2D eigenvalue weighted by atomic mass is 19.4. The third kappa shape index (κ3) is 5.31. The van der Waals surface area contributed by atoms with Crippen molar-refractivity contribution in [2.75, 3.05) is 5.32 Å². The van der Waals surface area contributed by atoms with Crippen LogP contribution in [-0.2, 0) is 6.42 Å². The first-order valence-electron chi connectivity index (χ1n) is 10.0. The molecule has 1 unspecified atom stereocenters. The molecule has 32 heavy (non-hydrogen) atoms. The lowest BCUT2D eigenvalue weighted by Gasteiger charge is -2.16. The SMILES string of the molecule is NC(c1ccc(Nc2nccc(-c3cccc(Cc4ccccc4)c3)n2)cc1)C(F)(F)F. The number of halogens is 3. The zero-order valence-electron chi connectivity index (χ0n) is 17.1. The highest BCUT2D eigenvalue weighted by Gasteiger charge is 2.37. The van der Waals surface area contributed by atoms with Crippen LogP contribution in [0.2, 0.25) is 0 Å². The highest BCUT2D eigenvalue weighted by molar-refractivity contribution is 5.63. The van der Waals surface area contributed by atoms with Gasteiger partial charge in [0.05, 0.1) is 5.69 Å². The van der Waals surface area contributed by atoms with Crippen molar-refractivity contribution < 1.29 is 13.2 Å². The van der Waals surface area contributed by atoms with Crippen molar-refractivity contribution in [3.8, 4) is 11.3 Å². The lowest BCUT2D eigenvalue weighted by molar-refractivity contribution is -0.149. The van der Waals surface area contributed by atoms with Gasteiger partial charge in [-0.2, -0.15) is 13.2 Å². The summed E-state index contributed by atoms with van der Waals surface area (Å²) in [6.07, 6.45) is -2.03. The summed E-state index contributed by atoms with van der Waals surface area (Å²) in [5.74, 6) is 0.351. The molecule has 0 fully saturated rings. The average Bonchev–Trinajstić information content (AvgIpc) is 2.80. The van der Waals surface area contributed by atoms with Crippen LogP contribution in [-0.4, -0.2) is 16.1 Å². The van der Waals surface area contributed by atoms with Gasteiger partial charge in [-0.05, 0) is 47.4 Å². The van der Waals surface area contributed by atoms with Crippen LogP contribution in [0.1, 0.15) is 22.7 Å². The van der Waals surface area contributed by atoms with Crippen LogP contribution in [0, 0.1) is 0 Å². The van der Waals surface area contributed by atoms with E-state index < -0.39 is 12.2 Å². The fourth-order valence-corrected chi connectivity index (χ4v) is 3.34. The normalized spacial score (nSPS) is 12.4. The van der Waals surface area contributed by atoms with E-state index >= 15 is 0 Å². The van der Waals surface area contributed by atoms with Gasteiger partial charge in [0, 0.05) is 17.4 Å². The van der Waals surface area contributed by atoms with Crippen molar-refractivity contribution in [1.82, 2.24) is 9.97 Å².